The first kappa shape index (κ1) is 24.7. The maximum absolute atomic E-state index is 12.2. The Labute approximate surface area is 166 Å². The minimum Gasteiger partial charge on any atom is -0.480 e. The predicted molar refractivity (Wildman–Crippen MR) is 94.1 cm³/mol. The number of nitrogens with zero attached hydrogens (tertiary/aromatic N) is 1. The van der Waals surface area contributed by atoms with Crippen LogP contribution in [0.4, 0.5) is 0 Å². The van der Waals surface area contributed by atoms with Gasteiger partial charge in [0.25, 0.3) is 0 Å². The van der Waals surface area contributed by atoms with E-state index in [-0.39, 0.29) is 12.8 Å². The summed E-state index contributed by atoms with van der Waals surface area (Å²) in [6.45, 7) is 1.50. The van der Waals surface area contributed by atoms with Crippen molar-refractivity contribution in [3.63, 3.8) is 0 Å². The Kier molecular flexibility index (Phi) is 8.91. The summed E-state index contributed by atoms with van der Waals surface area (Å²) >= 11 is 0. The molecule has 1 rings (SSSR count). The number of aliphatic hydroxyl groups excluding tert-OH is 2. The van der Waals surface area contributed by atoms with Crippen LogP contribution < -0.4 is 11.5 Å². The Bertz CT molecular complexity index is 630. The molecule has 8 N–H and O–H groups in total. The number of rotatable bonds is 10. The lowest BCUT2D eigenvalue weighted by molar-refractivity contribution is -0.247. The van der Waals surface area contributed by atoms with E-state index in [1.165, 1.54) is 6.92 Å². The Morgan fingerprint density at radius 2 is 1.79 bits per heavy atom. The third kappa shape index (κ3) is 6.08. The summed E-state index contributed by atoms with van der Waals surface area (Å²) in [4.78, 5) is 46.9. The summed E-state index contributed by atoms with van der Waals surface area (Å²) in [5, 5.41) is 38.4. The molecular formula is C16H27N3O10. The van der Waals surface area contributed by atoms with Gasteiger partial charge < -0.3 is 46.3 Å². The summed E-state index contributed by atoms with van der Waals surface area (Å²) in [5.41, 5.74) is 11.1. The molecule has 13 heteroatoms. The van der Waals surface area contributed by atoms with E-state index < -0.39 is 73.1 Å². The molecule has 166 valence electrons. The van der Waals surface area contributed by atoms with Gasteiger partial charge in [-0.25, -0.2) is 9.59 Å². The van der Waals surface area contributed by atoms with E-state index >= 15 is 0 Å². The topological polar surface area (TPSA) is 223 Å². The number of carbonyl (C=O) groups is 4. The predicted octanol–water partition coefficient (Wildman–Crippen LogP) is -3.18. The first-order chi connectivity index (χ1) is 13.4. The fraction of sp³-hybridized carbons (Fsp3) is 0.750. The lowest BCUT2D eigenvalue weighted by Crippen LogP contribution is -2.69. The van der Waals surface area contributed by atoms with Crippen molar-refractivity contribution < 1.29 is 49.1 Å². The van der Waals surface area contributed by atoms with E-state index in [1.807, 2.05) is 0 Å². The van der Waals surface area contributed by atoms with Gasteiger partial charge in [-0.1, -0.05) is 0 Å². The zero-order valence-corrected chi connectivity index (χ0v) is 16.0. The van der Waals surface area contributed by atoms with Crippen LogP contribution in [0.3, 0.4) is 0 Å². The van der Waals surface area contributed by atoms with E-state index in [9.17, 15) is 34.5 Å². The molecule has 0 bridgehead atoms. The lowest BCUT2D eigenvalue weighted by atomic mass is 9.94. The van der Waals surface area contributed by atoms with Crippen LogP contribution in [-0.4, -0.2) is 98.4 Å². The highest BCUT2D eigenvalue weighted by Crippen LogP contribution is 2.28. The average molecular weight is 421 g/mol. The van der Waals surface area contributed by atoms with E-state index in [4.69, 9.17) is 26.0 Å². The second-order valence-corrected chi connectivity index (χ2v) is 6.68. The van der Waals surface area contributed by atoms with Crippen molar-refractivity contribution in [1.29, 1.82) is 0 Å². The maximum atomic E-state index is 12.2. The average Bonchev–Trinajstić information content (AvgIpc) is 2.62. The standard InChI is InChI=1S/C16H27N3O10/c1-6(15(24)25)28-13-11(18)14(29-9(5-20)12(13)23)19(7(2)21)8(16(26)27)3-4-10(17)22/h6,8-9,11-14,20,23H,3-5,18H2,1-2H3,(H2,17,22)(H,24,25)(H,26,27)/t6-,8-,9-,11-,12-,13-,14?/m1/s1. The molecule has 1 aliphatic heterocycles. The zero-order valence-electron chi connectivity index (χ0n) is 16.0. The molecule has 0 aromatic carbocycles. The molecule has 0 spiro atoms. The van der Waals surface area contributed by atoms with Gasteiger partial charge in [-0.2, -0.15) is 0 Å². The summed E-state index contributed by atoms with van der Waals surface area (Å²) in [7, 11) is 0. The molecule has 1 saturated heterocycles. The van der Waals surface area contributed by atoms with Crippen LogP contribution in [-0.2, 0) is 28.7 Å². The fourth-order valence-electron chi connectivity index (χ4n) is 3.06. The number of nitrogens with two attached hydrogens (primary N) is 2. The molecule has 1 fully saturated rings. The molecule has 29 heavy (non-hydrogen) atoms. The van der Waals surface area contributed by atoms with Crippen LogP contribution in [0.2, 0.25) is 0 Å². The number of hydrogen-bond acceptors (Lipinski definition) is 9. The number of carboxylic acids is 2. The van der Waals surface area contributed by atoms with Gasteiger partial charge in [0.2, 0.25) is 11.8 Å². The summed E-state index contributed by atoms with van der Waals surface area (Å²) in [6.07, 6.45) is -7.84. The molecule has 0 aliphatic carbocycles. The molecule has 13 nitrogen and oxygen atoms in total. The zero-order chi connectivity index (χ0) is 22.5. The fourth-order valence-corrected chi connectivity index (χ4v) is 3.06. The first-order valence-electron chi connectivity index (χ1n) is 8.80. The molecule has 0 saturated carbocycles. The van der Waals surface area contributed by atoms with Gasteiger partial charge in [-0.15, -0.1) is 0 Å². The molecule has 0 radical (unpaired) electrons. The molecule has 0 aromatic heterocycles. The van der Waals surface area contributed by atoms with Gasteiger partial charge in [0.1, 0.15) is 24.4 Å². The summed E-state index contributed by atoms with van der Waals surface area (Å²) in [5.74, 6) is -4.37. The Morgan fingerprint density at radius 1 is 1.21 bits per heavy atom. The van der Waals surface area contributed by atoms with E-state index in [2.05, 4.69) is 0 Å². The Balaban J connectivity index is 3.27. The van der Waals surface area contributed by atoms with E-state index in [0.717, 1.165) is 11.8 Å². The third-order valence-corrected chi connectivity index (χ3v) is 4.55. The van der Waals surface area contributed by atoms with Gasteiger partial charge >= 0.3 is 11.9 Å². The smallest absolute Gasteiger partial charge is 0.332 e. The number of hydrogen-bond donors (Lipinski definition) is 6. The van der Waals surface area contributed by atoms with Crippen molar-refractivity contribution in [3.05, 3.63) is 0 Å². The van der Waals surface area contributed by atoms with Gasteiger partial charge in [0, 0.05) is 13.3 Å². The minimum atomic E-state index is -1.55. The Morgan fingerprint density at radius 3 is 2.21 bits per heavy atom. The van der Waals surface area contributed by atoms with Gasteiger partial charge in [-0.05, 0) is 13.3 Å². The molecule has 1 heterocycles. The highest BCUT2D eigenvalue weighted by atomic mass is 16.6. The monoisotopic (exact) mass is 421 g/mol. The van der Waals surface area contributed by atoms with Gasteiger partial charge in [0.05, 0.1) is 12.6 Å². The van der Waals surface area contributed by atoms with Crippen molar-refractivity contribution >= 4 is 23.8 Å². The molecule has 0 aromatic rings. The maximum Gasteiger partial charge on any atom is 0.332 e. The molecule has 1 aliphatic rings. The van der Waals surface area contributed by atoms with Crippen LogP contribution in [0, 0.1) is 0 Å². The number of primary amides is 1. The van der Waals surface area contributed by atoms with Crippen molar-refractivity contribution in [2.24, 2.45) is 11.5 Å². The van der Waals surface area contributed by atoms with E-state index in [0.29, 0.717) is 0 Å². The van der Waals surface area contributed by atoms with Crippen LogP contribution >= 0.6 is 0 Å². The number of aliphatic carboxylic acids is 2. The highest BCUT2D eigenvalue weighted by Gasteiger charge is 2.50. The molecule has 1 unspecified atom stereocenters. The molecule has 2 amide bonds. The number of amides is 2. The van der Waals surface area contributed by atoms with Crippen LogP contribution in [0.5, 0.6) is 0 Å². The second-order valence-electron chi connectivity index (χ2n) is 6.68. The van der Waals surface area contributed by atoms with Gasteiger partial charge in [0.15, 0.2) is 12.3 Å². The largest absolute Gasteiger partial charge is 0.480 e. The van der Waals surface area contributed by atoms with Crippen molar-refractivity contribution in [2.45, 2.75) is 69.4 Å². The van der Waals surface area contributed by atoms with Crippen LogP contribution in [0.25, 0.3) is 0 Å². The van der Waals surface area contributed by atoms with E-state index in [1.54, 1.807) is 0 Å². The van der Waals surface area contributed by atoms with Crippen molar-refractivity contribution in [2.75, 3.05) is 6.61 Å². The second kappa shape index (κ2) is 10.5. The summed E-state index contributed by atoms with van der Waals surface area (Å²) in [6, 6.07) is -2.92. The summed E-state index contributed by atoms with van der Waals surface area (Å²) < 4.78 is 10.7. The van der Waals surface area contributed by atoms with Crippen LogP contribution in [0.15, 0.2) is 0 Å². The quantitative estimate of drug-likeness (QED) is 0.206. The normalized spacial score (nSPS) is 28.9. The minimum absolute atomic E-state index is 0.333. The SMILES string of the molecule is CC(=O)N(C1O[C@H](CO)[C@@H](O)[C@H](O[C@H](C)C(=O)O)[C@H]1N)[C@H](CCC(N)=O)C(=O)O. The number of carbonyl (C=O) groups excluding carboxylic acids is 2. The van der Waals surface area contributed by atoms with Gasteiger partial charge in [-0.3, -0.25) is 9.59 Å². The van der Waals surface area contributed by atoms with Crippen LogP contribution in [0.1, 0.15) is 26.7 Å². The molecule has 7 atom stereocenters. The van der Waals surface area contributed by atoms with Crippen molar-refractivity contribution in [1.82, 2.24) is 4.90 Å². The lowest BCUT2D eigenvalue weighted by Gasteiger charge is -2.48. The first-order valence-corrected chi connectivity index (χ1v) is 8.80. The Hall–Kier alpha value is -2.32. The highest BCUT2D eigenvalue weighted by molar-refractivity contribution is 5.83. The number of carboxylic acid groups (broad SMARTS) is 2. The molecular weight excluding hydrogens is 394 g/mol. The number of aliphatic hydroxyl groups is 2. The third-order valence-electron chi connectivity index (χ3n) is 4.55. The van der Waals surface area contributed by atoms with Crippen molar-refractivity contribution in [3.8, 4) is 0 Å². The number of ether oxygens (including phenoxy) is 2.